The number of hydrogen-bond donors (Lipinski definition) is 2. The minimum Gasteiger partial charge on any atom is -0.505 e. The predicted molar refractivity (Wildman–Crippen MR) is 66.8 cm³/mol. The van der Waals surface area contributed by atoms with Crippen LogP contribution in [0.3, 0.4) is 0 Å². The topological polar surface area (TPSA) is 68.2 Å². The maximum Gasteiger partial charge on any atom is 0.0781 e. The van der Waals surface area contributed by atoms with Crippen molar-refractivity contribution >= 4 is 0 Å². The first-order chi connectivity index (χ1) is 7.97. The lowest BCUT2D eigenvalue weighted by Crippen LogP contribution is -2.24. The third-order valence-corrected chi connectivity index (χ3v) is 1.66. The molecule has 0 saturated carbocycles. The first-order valence-electron chi connectivity index (χ1n) is 5.63. The van der Waals surface area contributed by atoms with Gasteiger partial charge in [-0.3, -0.25) is 0 Å². The van der Waals surface area contributed by atoms with E-state index in [9.17, 15) is 0 Å². The molecule has 0 aromatic rings. The summed E-state index contributed by atoms with van der Waals surface area (Å²) in [7, 11) is 1.56. The van der Waals surface area contributed by atoms with E-state index in [0.29, 0.717) is 13.2 Å². The van der Waals surface area contributed by atoms with Crippen LogP contribution in [0.5, 0.6) is 0 Å². The molecule has 0 fully saturated rings. The summed E-state index contributed by atoms with van der Waals surface area (Å²) >= 11 is 0. The van der Waals surface area contributed by atoms with E-state index >= 15 is 0 Å². The number of rotatable bonds is 8. The van der Waals surface area contributed by atoms with E-state index in [1.54, 1.807) is 21.0 Å². The molecule has 0 aromatic carbocycles. The second kappa shape index (κ2) is 13.4. The van der Waals surface area contributed by atoms with E-state index in [0.717, 1.165) is 0 Å². The molecule has 0 aliphatic rings. The summed E-state index contributed by atoms with van der Waals surface area (Å²) in [6, 6.07) is 0. The van der Waals surface area contributed by atoms with Crippen molar-refractivity contribution in [2.45, 2.75) is 39.1 Å². The highest BCUT2D eigenvalue weighted by Crippen LogP contribution is 1.97. The maximum absolute atomic E-state index is 8.92. The van der Waals surface area contributed by atoms with Crippen LogP contribution in [0.25, 0.3) is 0 Å². The van der Waals surface area contributed by atoms with Crippen LogP contribution in [0.15, 0.2) is 12.8 Å². The molecule has 0 heterocycles. The lowest BCUT2D eigenvalue weighted by molar-refractivity contribution is -0.0620. The molecule has 0 saturated heterocycles. The molecule has 104 valence electrons. The van der Waals surface area contributed by atoms with E-state index in [1.807, 2.05) is 6.92 Å². The molecule has 0 radical (unpaired) electrons. The van der Waals surface area contributed by atoms with Crippen molar-refractivity contribution in [3.05, 3.63) is 12.8 Å². The summed E-state index contributed by atoms with van der Waals surface area (Å²) in [5.41, 5.74) is 0. The van der Waals surface area contributed by atoms with Crippen molar-refractivity contribution in [1.82, 2.24) is 0 Å². The van der Waals surface area contributed by atoms with Crippen LogP contribution in [0, 0.1) is 0 Å². The SMILES string of the molecule is C=COC.CC(O)COC(C)COC(C)CO. The molecule has 5 nitrogen and oxygen atoms in total. The molecule has 0 spiro atoms. The standard InChI is InChI=1S/C9H20O4.C3H6O/c1-7(11)5-12-9(3)6-13-8(2)4-10;1-3-4-2/h7-11H,4-6H2,1-3H3;3H,1H2,2H3. The average Bonchev–Trinajstić information content (AvgIpc) is 2.33. The van der Waals surface area contributed by atoms with Gasteiger partial charge in [0.1, 0.15) is 0 Å². The van der Waals surface area contributed by atoms with Gasteiger partial charge in [-0.2, -0.15) is 0 Å². The van der Waals surface area contributed by atoms with Crippen LogP contribution in [0.1, 0.15) is 20.8 Å². The smallest absolute Gasteiger partial charge is 0.0781 e. The Balaban J connectivity index is 0. The van der Waals surface area contributed by atoms with Crippen LogP contribution in [-0.2, 0) is 14.2 Å². The number of aliphatic hydroxyl groups excluding tert-OH is 2. The largest absolute Gasteiger partial charge is 0.505 e. The summed E-state index contributed by atoms with van der Waals surface area (Å²) in [6.45, 7) is 9.36. The molecule has 5 heteroatoms. The molecule has 0 rings (SSSR count). The molecule has 2 N–H and O–H groups in total. The van der Waals surface area contributed by atoms with Crippen LogP contribution in [0.4, 0.5) is 0 Å². The van der Waals surface area contributed by atoms with E-state index in [2.05, 4.69) is 11.3 Å². The fraction of sp³-hybridized carbons (Fsp3) is 0.833. The van der Waals surface area contributed by atoms with Gasteiger partial charge in [0.2, 0.25) is 0 Å². The molecule has 0 aliphatic carbocycles. The van der Waals surface area contributed by atoms with Crippen molar-refractivity contribution in [1.29, 1.82) is 0 Å². The zero-order valence-electron chi connectivity index (χ0n) is 11.3. The lowest BCUT2D eigenvalue weighted by Gasteiger charge is -2.16. The van der Waals surface area contributed by atoms with Gasteiger partial charge in [-0.25, -0.2) is 0 Å². The Morgan fingerprint density at radius 3 is 1.94 bits per heavy atom. The quantitative estimate of drug-likeness (QED) is 0.628. The first-order valence-corrected chi connectivity index (χ1v) is 5.63. The minimum absolute atomic E-state index is 0.0170. The van der Waals surface area contributed by atoms with E-state index < -0.39 is 6.10 Å². The first kappa shape index (κ1) is 18.7. The summed E-state index contributed by atoms with van der Waals surface area (Å²) in [4.78, 5) is 0. The molecule has 0 aliphatic heterocycles. The number of aliphatic hydroxyl groups is 2. The summed E-state index contributed by atoms with van der Waals surface area (Å²) in [5.74, 6) is 0. The summed E-state index contributed by atoms with van der Waals surface area (Å²) < 4.78 is 14.8. The predicted octanol–water partition coefficient (Wildman–Crippen LogP) is 0.946. The molecule has 17 heavy (non-hydrogen) atoms. The van der Waals surface area contributed by atoms with E-state index in [4.69, 9.17) is 19.7 Å². The van der Waals surface area contributed by atoms with Crippen molar-refractivity contribution in [2.75, 3.05) is 26.9 Å². The third kappa shape index (κ3) is 18.0. The number of methoxy groups -OCH3 is 1. The van der Waals surface area contributed by atoms with Crippen LogP contribution < -0.4 is 0 Å². The zero-order chi connectivity index (χ0) is 13.7. The summed E-state index contributed by atoms with van der Waals surface area (Å²) in [5, 5.41) is 17.6. The summed E-state index contributed by atoms with van der Waals surface area (Å²) in [6.07, 6.45) is 0.721. The fourth-order valence-electron chi connectivity index (χ4n) is 0.704. The van der Waals surface area contributed by atoms with Gasteiger partial charge in [-0.05, 0) is 20.8 Å². The van der Waals surface area contributed by atoms with Gasteiger partial charge in [0.25, 0.3) is 0 Å². The second-order valence-corrected chi connectivity index (χ2v) is 3.72. The van der Waals surface area contributed by atoms with Crippen molar-refractivity contribution in [3.63, 3.8) is 0 Å². The second-order valence-electron chi connectivity index (χ2n) is 3.72. The maximum atomic E-state index is 8.92. The Labute approximate surface area is 104 Å². The van der Waals surface area contributed by atoms with Gasteiger partial charge in [0, 0.05) is 0 Å². The molecule has 3 atom stereocenters. The van der Waals surface area contributed by atoms with Crippen LogP contribution >= 0.6 is 0 Å². The van der Waals surface area contributed by atoms with E-state index in [-0.39, 0.29) is 18.8 Å². The molecular weight excluding hydrogens is 224 g/mol. The van der Waals surface area contributed by atoms with Gasteiger partial charge in [-0.1, -0.05) is 6.58 Å². The highest BCUT2D eigenvalue weighted by molar-refractivity contribution is 4.52. The molecular formula is C12H26O5. The molecule has 0 aromatic heterocycles. The Bertz CT molecular complexity index is 161. The average molecular weight is 250 g/mol. The third-order valence-electron chi connectivity index (χ3n) is 1.66. The molecule has 0 bridgehead atoms. The Morgan fingerprint density at radius 1 is 1.12 bits per heavy atom. The van der Waals surface area contributed by atoms with Crippen molar-refractivity contribution < 1.29 is 24.4 Å². The molecule has 3 unspecified atom stereocenters. The Kier molecular flexibility index (Phi) is 14.8. The Hall–Kier alpha value is -0.620. The van der Waals surface area contributed by atoms with Crippen molar-refractivity contribution in [2.24, 2.45) is 0 Å². The van der Waals surface area contributed by atoms with E-state index in [1.165, 1.54) is 6.26 Å². The Morgan fingerprint density at radius 2 is 1.59 bits per heavy atom. The number of hydrogen-bond acceptors (Lipinski definition) is 5. The minimum atomic E-state index is -0.447. The van der Waals surface area contributed by atoms with Gasteiger partial charge in [-0.15, -0.1) is 0 Å². The van der Waals surface area contributed by atoms with Crippen LogP contribution in [0.2, 0.25) is 0 Å². The molecule has 0 amide bonds. The monoisotopic (exact) mass is 250 g/mol. The van der Waals surface area contributed by atoms with Gasteiger partial charge < -0.3 is 24.4 Å². The highest BCUT2D eigenvalue weighted by atomic mass is 16.5. The zero-order valence-corrected chi connectivity index (χ0v) is 11.3. The van der Waals surface area contributed by atoms with Gasteiger partial charge in [0.15, 0.2) is 0 Å². The number of ether oxygens (including phenoxy) is 3. The highest BCUT2D eigenvalue weighted by Gasteiger charge is 2.06. The van der Waals surface area contributed by atoms with Gasteiger partial charge in [0.05, 0.1) is 51.5 Å². The van der Waals surface area contributed by atoms with Crippen LogP contribution in [-0.4, -0.2) is 55.5 Å². The fourth-order valence-corrected chi connectivity index (χ4v) is 0.704. The van der Waals surface area contributed by atoms with Crippen molar-refractivity contribution in [3.8, 4) is 0 Å². The normalized spacial score (nSPS) is 15.2. The lowest BCUT2D eigenvalue weighted by atomic mass is 10.4. The van der Waals surface area contributed by atoms with Gasteiger partial charge >= 0.3 is 0 Å².